The molecule has 0 heterocycles. The molecule has 0 radical (unpaired) electrons. The molecule has 0 saturated heterocycles. The fourth-order valence-electron chi connectivity index (χ4n) is 1.96. The Morgan fingerprint density at radius 3 is 2.25 bits per heavy atom. The van der Waals surface area contributed by atoms with Crippen LogP contribution in [0.25, 0.3) is 0 Å². The highest BCUT2D eigenvalue weighted by Gasteiger charge is 2.11. The number of halogens is 3. The first-order valence-electron chi connectivity index (χ1n) is 6.52. The predicted molar refractivity (Wildman–Crippen MR) is 80.4 cm³/mol. The van der Waals surface area contributed by atoms with Gasteiger partial charge >= 0.3 is 0 Å². The van der Waals surface area contributed by atoms with Crippen LogP contribution in [0.1, 0.15) is 23.6 Å². The monoisotopic (exact) mass is 339 g/mol. The first-order chi connectivity index (χ1) is 9.61. The number of hydrogen-bond acceptors (Lipinski definition) is 1. The molecule has 0 spiro atoms. The zero-order valence-electron chi connectivity index (χ0n) is 11.2. The van der Waals surface area contributed by atoms with Gasteiger partial charge in [-0.15, -0.1) is 0 Å². The van der Waals surface area contributed by atoms with Crippen LogP contribution < -0.4 is 5.32 Å². The van der Waals surface area contributed by atoms with Crippen LogP contribution in [0.4, 0.5) is 8.78 Å². The van der Waals surface area contributed by atoms with Gasteiger partial charge < -0.3 is 5.32 Å². The highest BCUT2D eigenvalue weighted by Crippen LogP contribution is 2.21. The van der Waals surface area contributed by atoms with Gasteiger partial charge in [0.1, 0.15) is 11.6 Å². The topological polar surface area (TPSA) is 12.0 Å². The Balaban J connectivity index is 1.97. The summed E-state index contributed by atoms with van der Waals surface area (Å²) in [6.07, 6.45) is 1.00. The molecule has 0 bridgehead atoms. The Morgan fingerprint density at radius 2 is 1.60 bits per heavy atom. The fraction of sp³-hybridized carbons (Fsp3) is 0.250. The lowest BCUT2D eigenvalue weighted by molar-refractivity contribution is 0.532. The van der Waals surface area contributed by atoms with Gasteiger partial charge in [0.05, 0.1) is 4.47 Å². The normalized spacial score (nSPS) is 10.8. The molecule has 0 aliphatic heterocycles. The van der Waals surface area contributed by atoms with Crippen molar-refractivity contribution < 1.29 is 8.78 Å². The number of nitrogens with one attached hydrogen (secondary N) is 1. The van der Waals surface area contributed by atoms with Crippen LogP contribution in [-0.2, 0) is 19.5 Å². The first kappa shape index (κ1) is 15.1. The minimum Gasteiger partial charge on any atom is -0.308 e. The van der Waals surface area contributed by atoms with Gasteiger partial charge in [0.25, 0.3) is 0 Å². The highest BCUT2D eigenvalue weighted by atomic mass is 79.9. The van der Waals surface area contributed by atoms with E-state index in [-0.39, 0.29) is 16.6 Å². The average Bonchev–Trinajstić information content (AvgIpc) is 2.47. The summed E-state index contributed by atoms with van der Waals surface area (Å²) in [6, 6.07) is 10.8. The van der Waals surface area contributed by atoms with Crippen molar-refractivity contribution in [3.8, 4) is 0 Å². The molecule has 1 nitrogen and oxygen atoms in total. The second-order valence-electron chi connectivity index (χ2n) is 4.60. The van der Waals surface area contributed by atoms with Gasteiger partial charge in [-0.25, -0.2) is 8.78 Å². The molecule has 4 heteroatoms. The van der Waals surface area contributed by atoms with Crippen LogP contribution in [0, 0.1) is 11.6 Å². The third kappa shape index (κ3) is 3.64. The highest BCUT2D eigenvalue weighted by molar-refractivity contribution is 9.10. The quantitative estimate of drug-likeness (QED) is 0.786. The van der Waals surface area contributed by atoms with E-state index in [9.17, 15) is 8.78 Å². The maximum Gasteiger partial charge on any atom is 0.144 e. The average molecular weight is 340 g/mol. The molecule has 2 aromatic rings. The second-order valence-corrected chi connectivity index (χ2v) is 5.45. The summed E-state index contributed by atoms with van der Waals surface area (Å²) in [4.78, 5) is 0. The number of aryl methyl sites for hydroxylation is 1. The third-order valence-corrected chi connectivity index (χ3v) is 3.81. The van der Waals surface area contributed by atoms with E-state index < -0.39 is 11.6 Å². The Morgan fingerprint density at radius 1 is 0.950 bits per heavy atom. The molecule has 0 unspecified atom stereocenters. The Labute approximate surface area is 126 Å². The van der Waals surface area contributed by atoms with E-state index in [4.69, 9.17) is 0 Å². The van der Waals surface area contributed by atoms with E-state index in [0.29, 0.717) is 6.54 Å². The van der Waals surface area contributed by atoms with Crippen molar-refractivity contribution in [1.29, 1.82) is 0 Å². The number of benzene rings is 2. The summed E-state index contributed by atoms with van der Waals surface area (Å²) in [5, 5.41) is 3.06. The molecule has 2 aromatic carbocycles. The van der Waals surface area contributed by atoms with Crippen LogP contribution >= 0.6 is 15.9 Å². The minimum atomic E-state index is -0.543. The lowest BCUT2D eigenvalue weighted by atomic mass is 10.1. The lowest BCUT2D eigenvalue weighted by Gasteiger charge is -2.09. The van der Waals surface area contributed by atoms with E-state index >= 15 is 0 Å². The summed E-state index contributed by atoms with van der Waals surface area (Å²) in [6.45, 7) is 2.84. The van der Waals surface area contributed by atoms with Gasteiger partial charge in [0.15, 0.2) is 0 Å². The summed E-state index contributed by atoms with van der Waals surface area (Å²) >= 11 is 3.06. The second kappa shape index (κ2) is 6.95. The number of hydrogen-bond donors (Lipinski definition) is 1. The molecule has 0 fully saturated rings. The van der Waals surface area contributed by atoms with Gasteiger partial charge in [-0.05, 0) is 45.6 Å². The van der Waals surface area contributed by atoms with Gasteiger partial charge in [0.2, 0.25) is 0 Å². The molecule has 106 valence electrons. The molecule has 2 rings (SSSR count). The van der Waals surface area contributed by atoms with Crippen molar-refractivity contribution in [3.63, 3.8) is 0 Å². The molecule has 0 aliphatic carbocycles. The maximum atomic E-state index is 13.8. The molecular weight excluding hydrogens is 324 g/mol. The summed E-state index contributed by atoms with van der Waals surface area (Å²) in [5.41, 5.74) is 2.43. The van der Waals surface area contributed by atoms with E-state index in [1.54, 1.807) is 0 Å². The molecule has 0 amide bonds. The van der Waals surface area contributed by atoms with Crippen LogP contribution in [-0.4, -0.2) is 0 Å². The van der Waals surface area contributed by atoms with Crippen molar-refractivity contribution in [2.75, 3.05) is 0 Å². The zero-order chi connectivity index (χ0) is 14.5. The molecule has 0 saturated carbocycles. The Kier molecular flexibility index (Phi) is 5.26. The van der Waals surface area contributed by atoms with Crippen molar-refractivity contribution in [1.82, 2.24) is 5.32 Å². The van der Waals surface area contributed by atoms with Gasteiger partial charge in [-0.2, -0.15) is 0 Å². The first-order valence-corrected chi connectivity index (χ1v) is 7.32. The summed E-state index contributed by atoms with van der Waals surface area (Å²) in [5.74, 6) is -1.07. The zero-order valence-corrected chi connectivity index (χ0v) is 12.8. The van der Waals surface area contributed by atoms with E-state index in [1.165, 1.54) is 17.7 Å². The Hall–Kier alpha value is -1.26. The SMILES string of the molecule is CCc1ccc(CNCc2c(F)ccc(Br)c2F)cc1. The van der Waals surface area contributed by atoms with Crippen molar-refractivity contribution in [2.24, 2.45) is 0 Å². The van der Waals surface area contributed by atoms with E-state index in [0.717, 1.165) is 12.0 Å². The summed E-state index contributed by atoms with van der Waals surface area (Å²) < 4.78 is 27.6. The van der Waals surface area contributed by atoms with Crippen molar-refractivity contribution >= 4 is 15.9 Å². The molecule has 0 aromatic heterocycles. The summed E-state index contributed by atoms with van der Waals surface area (Å²) in [7, 11) is 0. The molecule has 0 aliphatic rings. The third-order valence-electron chi connectivity index (χ3n) is 3.20. The minimum absolute atomic E-state index is 0.0598. The van der Waals surface area contributed by atoms with Crippen LogP contribution in [0.15, 0.2) is 40.9 Å². The lowest BCUT2D eigenvalue weighted by Crippen LogP contribution is -2.15. The van der Waals surface area contributed by atoms with E-state index in [1.807, 2.05) is 12.1 Å². The van der Waals surface area contributed by atoms with Crippen LogP contribution in [0.2, 0.25) is 0 Å². The van der Waals surface area contributed by atoms with Gasteiger partial charge in [-0.1, -0.05) is 31.2 Å². The fourth-order valence-corrected chi connectivity index (χ4v) is 2.33. The predicted octanol–water partition coefficient (Wildman–Crippen LogP) is 4.58. The van der Waals surface area contributed by atoms with Crippen molar-refractivity contribution in [2.45, 2.75) is 26.4 Å². The van der Waals surface area contributed by atoms with Crippen LogP contribution in [0.5, 0.6) is 0 Å². The van der Waals surface area contributed by atoms with Gasteiger partial charge in [-0.3, -0.25) is 0 Å². The molecule has 20 heavy (non-hydrogen) atoms. The maximum absolute atomic E-state index is 13.8. The molecular formula is C16H16BrF2N. The Bertz CT molecular complexity index is 582. The number of rotatable bonds is 5. The van der Waals surface area contributed by atoms with Crippen LogP contribution in [0.3, 0.4) is 0 Å². The standard InChI is InChI=1S/C16H16BrF2N/c1-2-11-3-5-12(6-4-11)9-20-10-13-15(18)8-7-14(17)16(13)19/h3-8,20H,2,9-10H2,1H3. The van der Waals surface area contributed by atoms with Crippen molar-refractivity contribution in [3.05, 3.63) is 69.2 Å². The van der Waals surface area contributed by atoms with E-state index in [2.05, 4.69) is 40.3 Å². The molecule has 1 N–H and O–H groups in total. The largest absolute Gasteiger partial charge is 0.308 e. The van der Waals surface area contributed by atoms with Gasteiger partial charge in [0, 0.05) is 18.7 Å². The molecule has 0 atom stereocenters. The smallest absolute Gasteiger partial charge is 0.144 e.